The molecule has 0 aromatic heterocycles. The molecule has 2 amide bonds. The number of carbonyl (C=O) groups is 2. The van der Waals surface area contributed by atoms with Gasteiger partial charge in [0, 0.05) is 11.4 Å². The fraction of sp³-hybridized carbons (Fsp3) is 0.200. The van der Waals surface area contributed by atoms with E-state index in [1.165, 1.54) is 23.9 Å². The van der Waals surface area contributed by atoms with Gasteiger partial charge in [0.25, 0.3) is 0 Å². The standard InChI is InChI=1S/C25H23FN2O2S/c1-2-22(17-6-4-3-5-7-17)24(30)27-20-12-8-18(9-13-20)25-28(23(29)16-31-25)21-14-10-19(26)11-15-21/h3-15,22,25H,2,16H2,1H3,(H,27,30)/t22-,25+/m0/s1. The summed E-state index contributed by atoms with van der Waals surface area (Å²) in [7, 11) is 0. The Bertz CT molecular complexity index is 1060. The summed E-state index contributed by atoms with van der Waals surface area (Å²) in [4.78, 5) is 26.9. The maximum Gasteiger partial charge on any atom is 0.238 e. The molecule has 0 unspecified atom stereocenters. The van der Waals surface area contributed by atoms with Crippen LogP contribution in [0, 0.1) is 5.82 Å². The number of benzene rings is 3. The fourth-order valence-electron chi connectivity index (χ4n) is 3.77. The molecule has 2 atom stereocenters. The highest BCUT2D eigenvalue weighted by Crippen LogP contribution is 2.42. The first-order valence-electron chi connectivity index (χ1n) is 10.2. The Balaban J connectivity index is 1.49. The predicted octanol–water partition coefficient (Wildman–Crippen LogP) is 5.74. The van der Waals surface area contributed by atoms with Gasteiger partial charge in [-0.25, -0.2) is 4.39 Å². The molecule has 1 N–H and O–H groups in total. The number of anilines is 2. The first-order valence-corrected chi connectivity index (χ1v) is 11.3. The minimum Gasteiger partial charge on any atom is -0.326 e. The van der Waals surface area contributed by atoms with Gasteiger partial charge in [0.1, 0.15) is 11.2 Å². The van der Waals surface area contributed by atoms with Gasteiger partial charge in [0.2, 0.25) is 11.8 Å². The van der Waals surface area contributed by atoms with Gasteiger partial charge in [0.05, 0.1) is 11.7 Å². The second kappa shape index (κ2) is 9.35. The van der Waals surface area contributed by atoms with Gasteiger partial charge in [-0.2, -0.15) is 0 Å². The van der Waals surface area contributed by atoms with Gasteiger partial charge in [-0.05, 0) is 53.9 Å². The molecule has 0 radical (unpaired) electrons. The highest BCUT2D eigenvalue weighted by Gasteiger charge is 2.34. The van der Waals surface area contributed by atoms with Crippen molar-refractivity contribution in [1.29, 1.82) is 0 Å². The summed E-state index contributed by atoms with van der Waals surface area (Å²) in [5.74, 6) is -0.221. The van der Waals surface area contributed by atoms with Crippen LogP contribution < -0.4 is 10.2 Å². The maximum atomic E-state index is 13.3. The van der Waals surface area contributed by atoms with Gasteiger partial charge in [-0.1, -0.05) is 49.4 Å². The number of nitrogens with one attached hydrogen (secondary N) is 1. The lowest BCUT2D eigenvalue weighted by Crippen LogP contribution is -2.27. The molecule has 1 saturated heterocycles. The van der Waals surface area contributed by atoms with Crippen LogP contribution in [0.15, 0.2) is 78.9 Å². The van der Waals surface area contributed by atoms with Crippen LogP contribution in [-0.4, -0.2) is 17.6 Å². The molecule has 1 fully saturated rings. The van der Waals surface area contributed by atoms with E-state index in [2.05, 4.69) is 5.32 Å². The molecule has 1 heterocycles. The normalized spacial score (nSPS) is 16.9. The monoisotopic (exact) mass is 434 g/mol. The van der Waals surface area contributed by atoms with Crippen molar-refractivity contribution < 1.29 is 14.0 Å². The minimum atomic E-state index is -0.333. The van der Waals surface area contributed by atoms with E-state index in [0.717, 1.165) is 11.1 Å². The lowest BCUT2D eigenvalue weighted by Gasteiger charge is -2.24. The van der Waals surface area contributed by atoms with E-state index in [0.29, 0.717) is 23.5 Å². The smallest absolute Gasteiger partial charge is 0.238 e. The van der Waals surface area contributed by atoms with Crippen LogP contribution in [-0.2, 0) is 9.59 Å². The van der Waals surface area contributed by atoms with Crippen LogP contribution in [0.4, 0.5) is 15.8 Å². The average molecular weight is 435 g/mol. The lowest BCUT2D eigenvalue weighted by atomic mass is 9.95. The number of thioether (sulfide) groups is 1. The van der Waals surface area contributed by atoms with Gasteiger partial charge >= 0.3 is 0 Å². The molecule has 1 aliphatic rings. The summed E-state index contributed by atoms with van der Waals surface area (Å²) in [6.07, 6.45) is 0.710. The first-order chi connectivity index (χ1) is 15.1. The molecule has 3 aromatic rings. The molecule has 0 bridgehead atoms. The molecule has 0 saturated carbocycles. The van der Waals surface area contributed by atoms with E-state index in [1.807, 2.05) is 61.5 Å². The van der Waals surface area contributed by atoms with Crippen molar-refractivity contribution in [3.63, 3.8) is 0 Å². The van der Waals surface area contributed by atoms with Crippen LogP contribution in [0.1, 0.15) is 35.8 Å². The first kappa shape index (κ1) is 21.1. The van der Waals surface area contributed by atoms with E-state index in [-0.39, 0.29) is 28.9 Å². The lowest BCUT2D eigenvalue weighted by molar-refractivity contribution is -0.118. The second-order valence-electron chi connectivity index (χ2n) is 7.39. The summed E-state index contributed by atoms with van der Waals surface area (Å²) in [6, 6.07) is 23.3. The van der Waals surface area contributed by atoms with Crippen LogP contribution in [0.3, 0.4) is 0 Å². The van der Waals surface area contributed by atoms with Crippen molar-refractivity contribution in [2.75, 3.05) is 16.0 Å². The molecule has 1 aliphatic heterocycles. The third kappa shape index (κ3) is 4.64. The second-order valence-corrected chi connectivity index (χ2v) is 8.45. The Kier molecular flexibility index (Phi) is 6.37. The van der Waals surface area contributed by atoms with Gasteiger partial charge < -0.3 is 5.32 Å². The zero-order chi connectivity index (χ0) is 21.8. The van der Waals surface area contributed by atoms with Crippen molar-refractivity contribution in [1.82, 2.24) is 0 Å². The largest absolute Gasteiger partial charge is 0.326 e. The van der Waals surface area contributed by atoms with Crippen molar-refractivity contribution >= 4 is 35.0 Å². The SMILES string of the molecule is CC[C@H](C(=O)Nc1ccc([C@H]2SCC(=O)N2c2ccc(F)cc2)cc1)c1ccccc1. The van der Waals surface area contributed by atoms with E-state index >= 15 is 0 Å². The van der Waals surface area contributed by atoms with E-state index in [4.69, 9.17) is 0 Å². The molecule has 0 spiro atoms. The summed E-state index contributed by atoms with van der Waals surface area (Å²) >= 11 is 1.53. The van der Waals surface area contributed by atoms with Crippen molar-refractivity contribution in [2.24, 2.45) is 0 Å². The molecule has 0 aliphatic carbocycles. The van der Waals surface area contributed by atoms with Crippen LogP contribution in [0.25, 0.3) is 0 Å². The predicted molar refractivity (Wildman–Crippen MR) is 124 cm³/mol. The summed E-state index contributed by atoms with van der Waals surface area (Å²) in [5.41, 5.74) is 3.33. The zero-order valence-electron chi connectivity index (χ0n) is 17.1. The molecule has 158 valence electrons. The number of nitrogens with zero attached hydrogens (tertiary/aromatic N) is 1. The number of carbonyl (C=O) groups excluding carboxylic acids is 2. The van der Waals surface area contributed by atoms with Gasteiger partial charge in [0.15, 0.2) is 0 Å². The van der Waals surface area contributed by atoms with Crippen molar-refractivity contribution in [3.8, 4) is 0 Å². The summed E-state index contributed by atoms with van der Waals surface area (Å²) in [5, 5.41) is 2.81. The quantitative estimate of drug-likeness (QED) is 0.538. The summed E-state index contributed by atoms with van der Waals surface area (Å²) in [6.45, 7) is 2.00. The number of hydrogen-bond acceptors (Lipinski definition) is 3. The third-order valence-electron chi connectivity index (χ3n) is 5.36. The van der Waals surface area contributed by atoms with E-state index in [9.17, 15) is 14.0 Å². The zero-order valence-corrected chi connectivity index (χ0v) is 17.9. The van der Waals surface area contributed by atoms with E-state index < -0.39 is 0 Å². The molecular weight excluding hydrogens is 411 g/mol. The fourth-order valence-corrected chi connectivity index (χ4v) is 4.95. The van der Waals surface area contributed by atoms with Gasteiger partial charge in [-0.15, -0.1) is 11.8 Å². The molecule has 4 rings (SSSR count). The molecule has 4 nitrogen and oxygen atoms in total. The Morgan fingerprint density at radius 2 is 1.74 bits per heavy atom. The Morgan fingerprint density at radius 1 is 1.06 bits per heavy atom. The molecule has 31 heavy (non-hydrogen) atoms. The minimum absolute atomic E-state index is 0.00682. The van der Waals surface area contributed by atoms with Crippen molar-refractivity contribution in [3.05, 3.63) is 95.8 Å². The highest BCUT2D eigenvalue weighted by molar-refractivity contribution is 8.00. The topological polar surface area (TPSA) is 49.4 Å². The molecule has 6 heteroatoms. The Hall–Kier alpha value is -3.12. The Morgan fingerprint density at radius 3 is 2.39 bits per heavy atom. The van der Waals surface area contributed by atoms with Crippen LogP contribution in [0.2, 0.25) is 0 Å². The number of hydrogen-bond donors (Lipinski definition) is 1. The van der Waals surface area contributed by atoms with Crippen LogP contribution >= 0.6 is 11.8 Å². The van der Waals surface area contributed by atoms with Crippen molar-refractivity contribution in [2.45, 2.75) is 24.6 Å². The average Bonchev–Trinajstić information content (AvgIpc) is 3.17. The highest BCUT2D eigenvalue weighted by atomic mass is 32.2. The number of amides is 2. The number of rotatable bonds is 6. The van der Waals surface area contributed by atoms with Gasteiger partial charge in [-0.3, -0.25) is 14.5 Å². The molecular formula is C25H23FN2O2S. The Labute approximate surface area is 185 Å². The third-order valence-corrected chi connectivity index (χ3v) is 6.58. The van der Waals surface area contributed by atoms with Crippen LogP contribution in [0.5, 0.6) is 0 Å². The molecule has 3 aromatic carbocycles. The maximum absolute atomic E-state index is 13.3. The van der Waals surface area contributed by atoms with E-state index in [1.54, 1.807) is 17.0 Å². The number of halogens is 1. The summed E-state index contributed by atoms with van der Waals surface area (Å²) < 4.78 is 13.3.